The van der Waals surface area contributed by atoms with Crippen molar-refractivity contribution in [1.82, 2.24) is 0 Å². The topological polar surface area (TPSA) is 52.0 Å². The third-order valence-corrected chi connectivity index (χ3v) is 4.34. The van der Waals surface area contributed by atoms with E-state index >= 15 is 0 Å². The number of nitrogens with two attached hydrogens (primary N) is 2. The van der Waals surface area contributed by atoms with E-state index in [-0.39, 0.29) is 5.41 Å². The Kier molecular flexibility index (Phi) is 4.56. The molecule has 0 bridgehead atoms. The average molecular weight is 282 g/mol. The highest BCUT2D eigenvalue weighted by molar-refractivity contribution is 5.68. The number of rotatable bonds is 5. The minimum atomic E-state index is -0.125. The van der Waals surface area contributed by atoms with Gasteiger partial charge in [-0.05, 0) is 35.6 Å². The van der Waals surface area contributed by atoms with Gasteiger partial charge < -0.3 is 11.5 Å². The summed E-state index contributed by atoms with van der Waals surface area (Å²) in [6.07, 6.45) is 3.21. The SMILES string of the molecule is CCCCc1c(N)ccc(C(C)(C)c2ccccc2)c1N. The molecule has 0 saturated heterocycles. The molecule has 0 fully saturated rings. The third-order valence-electron chi connectivity index (χ3n) is 4.34. The van der Waals surface area contributed by atoms with Crippen LogP contribution in [0.1, 0.15) is 50.3 Å². The molecule has 0 saturated carbocycles. The lowest BCUT2D eigenvalue weighted by Crippen LogP contribution is -2.21. The van der Waals surface area contributed by atoms with E-state index in [0.29, 0.717) is 0 Å². The molecule has 2 heteroatoms. The van der Waals surface area contributed by atoms with Crippen molar-refractivity contribution >= 4 is 11.4 Å². The van der Waals surface area contributed by atoms with Gasteiger partial charge in [-0.1, -0.05) is 63.6 Å². The molecule has 0 radical (unpaired) electrons. The molecule has 0 amide bonds. The summed E-state index contributed by atoms with van der Waals surface area (Å²) in [5.41, 5.74) is 17.7. The van der Waals surface area contributed by atoms with Gasteiger partial charge in [0.2, 0.25) is 0 Å². The Balaban J connectivity index is 2.49. The number of benzene rings is 2. The summed E-state index contributed by atoms with van der Waals surface area (Å²) in [6, 6.07) is 14.6. The first-order chi connectivity index (χ1) is 9.98. The number of hydrogen-bond donors (Lipinski definition) is 2. The molecule has 2 nitrogen and oxygen atoms in total. The zero-order valence-corrected chi connectivity index (χ0v) is 13.3. The molecule has 4 N–H and O–H groups in total. The summed E-state index contributed by atoms with van der Waals surface area (Å²) in [7, 11) is 0. The van der Waals surface area contributed by atoms with Crippen molar-refractivity contribution in [2.45, 2.75) is 45.4 Å². The molecule has 0 aliphatic rings. The van der Waals surface area contributed by atoms with E-state index in [1.54, 1.807) is 0 Å². The lowest BCUT2D eigenvalue weighted by Gasteiger charge is -2.29. The van der Waals surface area contributed by atoms with Crippen LogP contribution in [0.25, 0.3) is 0 Å². The van der Waals surface area contributed by atoms with Crippen LogP contribution in [0.4, 0.5) is 11.4 Å². The van der Waals surface area contributed by atoms with Gasteiger partial charge in [0, 0.05) is 16.8 Å². The fourth-order valence-electron chi connectivity index (χ4n) is 2.87. The van der Waals surface area contributed by atoms with Gasteiger partial charge in [0.15, 0.2) is 0 Å². The van der Waals surface area contributed by atoms with Crippen molar-refractivity contribution in [2.75, 3.05) is 11.5 Å². The number of unbranched alkanes of at least 4 members (excludes halogenated alkanes) is 1. The molecule has 0 atom stereocenters. The Bertz CT molecular complexity index is 600. The Hall–Kier alpha value is -1.96. The predicted molar refractivity (Wildman–Crippen MR) is 92.4 cm³/mol. The summed E-state index contributed by atoms with van der Waals surface area (Å²) in [5, 5.41) is 0. The second-order valence-electron chi connectivity index (χ2n) is 6.19. The zero-order chi connectivity index (χ0) is 15.5. The smallest absolute Gasteiger partial charge is 0.0408 e. The molecular weight excluding hydrogens is 256 g/mol. The first-order valence-electron chi connectivity index (χ1n) is 7.71. The summed E-state index contributed by atoms with van der Waals surface area (Å²) in [6.45, 7) is 6.62. The van der Waals surface area contributed by atoms with E-state index in [4.69, 9.17) is 11.5 Å². The summed E-state index contributed by atoms with van der Waals surface area (Å²) in [5.74, 6) is 0. The maximum Gasteiger partial charge on any atom is 0.0408 e. The van der Waals surface area contributed by atoms with Crippen LogP contribution in [0.2, 0.25) is 0 Å². The molecule has 21 heavy (non-hydrogen) atoms. The molecule has 0 aliphatic heterocycles. The quantitative estimate of drug-likeness (QED) is 0.792. The lowest BCUT2D eigenvalue weighted by molar-refractivity contribution is 0.642. The predicted octanol–water partition coefficient (Wildman–Crippen LogP) is 4.52. The van der Waals surface area contributed by atoms with E-state index in [9.17, 15) is 0 Å². The van der Waals surface area contributed by atoms with Crippen molar-refractivity contribution < 1.29 is 0 Å². The monoisotopic (exact) mass is 282 g/mol. The van der Waals surface area contributed by atoms with Crippen LogP contribution >= 0.6 is 0 Å². The van der Waals surface area contributed by atoms with Gasteiger partial charge in [-0.25, -0.2) is 0 Å². The first-order valence-corrected chi connectivity index (χ1v) is 7.71. The van der Waals surface area contributed by atoms with Crippen molar-refractivity contribution in [3.63, 3.8) is 0 Å². The molecule has 0 heterocycles. The highest BCUT2D eigenvalue weighted by Crippen LogP contribution is 2.38. The number of nitrogen functional groups attached to an aromatic ring is 2. The van der Waals surface area contributed by atoms with Crippen molar-refractivity contribution in [3.05, 3.63) is 59.2 Å². The van der Waals surface area contributed by atoms with Gasteiger partial charge in [-0.3, -0.25) is 0 Å². The van der Waals surface area contributed by atoms with E-state index < -0.39 is 0 Å². The van der Waals surface area contributed by atoms with E-state index in [0.717, 1.165) is 41.8 Å². The molecule has 0 aromatic heterocycles. The average Bonchev–Trinajstić information content (AvgIpc) is 2.48. The number of hydrogen-bond acceptors (Lipinski definition) is 2. The normalized spacial score (nSPS) is 11.6. The highest BCUT2D eigenvalue weighted by Gasteiger charge is 2.26. The van der Waals surface area contributed by atoms with Gasteiger partial charge in [-0.2, -0.15) is 0 Å². The first kappa shape index (κ1) is 15.4. The van der Waals surface area contributed by atoms with E-state index in [2.05, 4.69) is 51.1 Å². The third kappa shape index (κ3) is 3.05. The fourth-order valence-corrected chi connectivity index (χ4v) is 2.87. The molecule has 2 rings (SSSR count). The maximum absolute atomic E-state index is 6.47. The van der Waals surface area contributed by atoms with Gasteiger partial charge in [0.1, 0.15) is 0 Å². The molecule has 0 unspecified atom stereocenters. The minimum absolute atomic E-state index is 0.125. The molecular formula is C19H26N2. The van der Waals surface area contributed by atoms with Gasteiger partial charge in [0.05, 0.1) is 0 Å². The van der Waals surface area contributed by atoms with Crippen molar-refractivity contribution in [1.29, 1.82) is 0 Å². The summed E-state index contributed by atoms with van der Waals surface area (Å²) in [4.78, 5) is 0. The standard InChI is InChI=1S/C19H26N2/c1-4-5-11-15-17(20)13-12-16(18(15)21)19(2,3)14-9-7-6-8-10-14/h6-10,12-13H,4-5,11,20-21H2,1-3H3. The van der Waals surface area contributed by atoms with Gasteiger partial charge in [-0.15, -0.1) is 0 Å². The molecule has 0 spiro atoms. The van der Waals surface area contributed by atoms with Crippen LogP contribution in [-0.2, 0) is 11.8 Å². The van der Waals surface area contributed by atoms with E-state index in [1.165, 1.54) is 5.56 Å². The second kappa shape index (κ2) is 6.21. The van der Waals surface area contributed by atoms with E-state index in [1.807, 2.05) is 12.1 Å². The van der Waals surface area contributed by atoms with Gasteiger partial charge >= 0.3 is 0 Å². The Morgan fingerprint density at radius 1 is 0.952 bits per heavy atom. The second-order valence-corrected chi connectivity index (χ2v) is 6.19. The Morgan fingerprint density at radius 2 is 1.62 bits per heavy atom. The van der Waals surface area contributed by atoms with Crippen LogP contribution in [0.3, 0.4) is 0 Å². The molecule has 2 aromatic rings. The molecule has 2 aromatic carbocycles. The molecule has 0 aliphatic carbocycles. The largest absolute Gasteiger partial charge is 0.398 e. The van der Waals surface area contributed by atoms with Crippen LogP contribution < -0.4 is 11.5 Å². The Morgan fingerprint density at radius 3 is 2.24 bits per heavy atom. The van der Waals surface area contributed by atoms with Crippen LogP contribution in [-0.4, -0.2) is 0 Å². The zero-order valence-electron chi connectivity index (χ0n) is 13.3. The fraction of sp³-hybridized carbons (Fsp3) is 0.368. The lowest BCUT2D eigenvalue weighted by atomic mass is 9.76. The summed E-state index contributed by atoms with van der Waals surface area (Å²) >= 11 is 0. The van der Waals surface area contributed by atoms with Crippen LogP contribution in [0, 0.1) is 0 Å². The Labute approximate surface area is 128 Å². The maximum atomic E-state index is 6.47. The van der Waals surface area contributed by atoms with Crippen LogP contribution in [0.15, 0.2) is 42.5 Å². The van der Waals surface area contributed by atoms with Crippen molar-refractivity contribution in [3.8, 4) is 0 Å². The van der Waals surface area contributed by atoms with Crippen molar-refractivity contribution in [2.24, 2.45) is 0 Å². The minimum Gasteiger partial charge on any atom is -0.398 e. The van der Waals surface area contributed by atoms with Crippen LogP contribution in [0.5, 0.6) is 0 Å². The molecule has 112 valence electrons. The highest BCUT2D eigenvalue weighted by atomic mass is 14.6. The number of anilines is 2. The summed E-state index contributed by atoms with van der Waals surface area (Å²) < 4.78 is 0. The van der Waals surface area contributed by atoms with Gasteiger partial charge in [0.25, 0.3) is 0 Å².